The molecular weight excluding hydrogens is 332 g/mol. The van der Waals surface area contributed by atoms with Gasteiger partial charge in [-0.1, -0.05) is 25.0 Å². The molecule has 130 valence electrons. The summed E-state index contributed by atoms with van der Waals surface area (Å²) in [6.07, 6.45) is 3.74. The molecule has 1 fully saturated rings. The Balaban J connectivity index is 2.13. The van der Waals surface area contributed by atoms with Crippen molar-refractivity contribution in [3.63, 3.8) is 0 Å². The topological polar surface area (TPSA) is 113 Å². The molecular formula is C16H20N2O5S. The fraction of sp³-hybridized carbons (Fsp3) is 0.375. The molecule has 1 aliphatic carbocycles. The lowest BCUT2D eigenvalue weighted by atomic mass is 10.1. The standard InChI is InChI=1S/C16H20N2O5S/c1-2-8-17-24(22,23)13-5-3-4-12(10-13)15(19)18-14(16(20)21)9-11-6-7-11/h2-5,10-11,14,17H,1,6-9H2,(H,18,19)(H,20,21). The lowest BCUT2D eigenvalue weighted by Crippen LogP contribution is -2.41. The van der Waals surface area contributed by atoms with E-state index in [1.807, 2.05) is 0 Å². The first-order chi connectivity index (χ1) is 11.3. The van der Waals surface area contributed by atoms with Gasteiger partial charge in [0.05, 0.1) is 4.90 Å². The molecule has 0 spiro atoms. The highest BCUT2D eigenvalue weighted by molar-refractivity contribution is 7.89. The molecule has 2 rings (SSSR count). The zero-order chi connectivity index (χ0) is 17.7. The van der Waals surface area contributed by atoms with E-state index in [0.717, 1.165) is 12.8 Å². The Morgan fingerprint density at radius 1 is 1.38 bits per heavy atom. The van der Waals surface area contributed by atoms with Crippen molar-refractivity contribution in [3.05, 3.63) is 42.5 Å². The summed E-state index contributed by atoms with van der Waals surface area (Å²) in [7, 11) is -3.75. The van der Waals surface area contributed by atoms with Crippen molar-refractivity contribution in [1.82, 2.24) is 10.0 Å². The van der Waals surface area contributed by atoms with E-state index in [1.54, 1.807) is 0 Å². The van der Waals surface area contributed by atoms with Gasteiger partial charge in [-0.25, -0.2) is 17.9 Å². The Morgan fingerprint density at radius 3 is 2.67 bits per heavy atom. The van der Waals surface area contributed by atoms with E-state index in [9.17, 15) is 23.1 Å². The second-order valence-electron chi connectivity index (χ2n) is 5.71. The van der Waals surface area contributed by atoms with E-state index in [0.29, 0.717) is 12.3 Å². The molecule has 1 atom stereocenters. The summed E-state index contributed by atoms with van der Waals surface area (Å²) in [4.78, 5) is 23.4. The third-order valence-corrected chi connectivity index (χ3v) is 5.11. The SMILES string of the molecule is C=CCNS(=O)(=O)c1cccc(C(=O)NC(CC2CC2)C(=O)O)c1. The van der Waals surface area contributed by atoms with Crippen LogP contribution in [0.2, 0.25) is 0 Å². The second-order valence-corrected chi connectivity index (χ2v) is 7.48. The van der Waals surface area contributed by atoms with Crippen LogP contribution in [0.15, 0.2) is 41.8 Å². The third kappa shape index (κ3) is 4.90. The fourth-order valence-corrected chi connectivity index (χ4v) is 3.25. The quantitative estimate of drug-likeness (QED) is 0.577. The van der Waals surface area contributed by atoms with E-state index in [1.165, 1.54) is 30.3 Å². The lowest BCUT2D eigenvalue weighted by Gasteiger charge is -2.14. The predicted molar refractivity (Wildman–Crippen MR) is 88.1 cm³/mol. The highest BCUT2D eigenvalue weighted by atomic mass is 32.2. The Hall–Kier alpha value is -2.19. The molecule has 1 amide bonds. The third-order valence-electron chi connectivity index (χ3n) is 3.69. The maximum Gasteiger partial charge on any atom is 0.326 e. The van der Waals surface area contributed by atoms with Crippen LogP contribution in [0.5, 0.6) is 0 Å². The van der Waals surface area contributed by atoms with Gasteiger partial charge in [0.25, 0.3) is 5.91 Å². The minimum Gasteiger partial charge on any atom is -0.480 e. The van der Waals surface area contributed by atoms with Crippen LogP contribution in [0.4, 0.5) is 0 Å². The van der Waals surface area contributed by atoms with Crippen LogP contribution in [0.25, 0.3) is 0 Å². The smallest absolute Gasteiger partial charge is 0.326 e. The van der Waals surface area contributed by atoms with Crippen molar-refractivity contribution in [1.29, 1.82) is 0 Å². The van der Waals surface area contributed by atoms with E-state index in [4.69, 9.17) is 0 Å². The number of sulfonamides is 1. The van der Waals surface area contributed by atoms with Crippen molar-refractivity contribution < 1.29 is 23.1 Å². The van der Waals surface area contributed by atoms with Crippen LogP contribution < -0.4 is 10.0 Å². The molecule has 1 saturated carbocycles. The number of benzene rings is 1. The first-order valence-corrected chi connectivity index (χ1v) is 9.06. The highest BCUT2D eigenvalue weighted by Crippen LogP contribution is 2.33. The lowest BCUT2D eigenvalue weighted by molar-refractivity contribution is -0.139. The van der Waals surface area contributed by atoms with Crippen LogP contribution in [0.1, 0.15) is 29.6 Å². The van der Waals surface area contributed by atoms with Crippen molar-refractivity contribution in [2.75, 3.05) is 6.54 Å². The first kappa shape index (κ1) is 18.2. The summed E-state index contributed by atoms with van der Waals surface area (Å²) in [6.45, 7) is 3.51. The van der Waals surface area contributed by atoms with Gasteiger partial charge in [-0.3, -0.25) is 4.79 Å². The number of carbonyl (C=O) groups excluding carboxylic acids is 1. The molecule has 0 aliphatic heterocycles. The van der Waals surface area contributed by atoms with Gasteiger partial charge in [-0.05, 0) is 30.5 Å². The van der Waals surface area contributed by atoms with Gasteiger partial charge in [0.15, 0.2) is 0 Å². The molecule has 0 saturated heterocycles. The van der Waals surface area contributed by atoms with E-state index < -0.39 is 27.9 Å². The molecule has 0 radical (unpaired) electrons. The molecule has 7 nitrogen and oxygen atoms in total. The Bertz CT molecular complexity index is 741. The van der Waals surface area contributed by atoms with E-state index in [2.05, 4.69) is 16.6 Å². The predicted octanol–water partition coefficient (Wildman–Crippen LogP) is 1.13. The zero-order valence-corrected chi connectivity index (χ0v) is 13.9. The number of carboxylic acid groups (broad SMARTS) is 1. The number of hydrogen-bond acceptors (Lipinski definition) is 4. The zero-order valence-electron chi connectivity index (χ0n) is 13.1. The Kier molecular flexibility index (Phi) is 5.74. The molecule has 0 aromatic heterocycles. The van der Waals surface area contributed by atoms with Crippen molar-refractivity contribution in [3.8, 4) is 0 Å². The van der Waals surface area contributed by atoms with Gasteiger partial charge in [0.2, 0.25) is 10.0 Å². The fourth-order valence-electron chi connectivity index (χ4n) is 2.21. The first-order valence-electron chi connectivity index (χ1n) is 7.58. The van der Waals surface area contributed by atoms with Gasteiger partial charge < -0.3 is 10.4 Å². The summed E-state index contributed by atoms with van der Waals surface area (Å²) in [5, 5.41) is 11.7. The van der Waals surface area contributed by atoms with Crippen LogP contribution in [0.3, 0.4) is 0 Å². The normalized spacial score (nSPS) is 15.5. The Labute approximate surface area is 140 Å². The van der Waals surface area contributed by atoms with Gasteiger partial charge in [0, 0.05) is 12.1 Å². The molecule has 8 heteroatoms. The van der Waals surface area contributed by atoms with Crippen LogP contribution in [-0.4, -0.2) is 38.0 Å². The van der Waals surface area contributed by atoms with Gasteiger partial charge in [-0.15, -0.1) is 6.58 Å². The molecule has 1 unspecified atom stereocenters. The number of nitrogens with one attached hydrogen (secondary N) is 2. The van der Waals surface area contributed by atoms with Crippen LogP contribution in [0, 0.1) is 5.92 Å². The molecule has 1 aliphatic rings. The molecule has 0 bridgehead atoms. The van der Waals surface area contributed by atoms with Gasteiger partial charge in [0.1, 0.15) is 6.04 Å². The minimum absolute atomic E-state index is 0.0638. The van der Waals surface area contributed by atoms with Crippen molar-refractivity contribution >= 4 is 21.9 Å². The van der Waals surface area contributed by atoms with Crippen LogP contribution in [-0.2, 0) is 14.8 Å². The molecule has 0 heterocycles. The number of carbonyl (C=O) groups is 2. The number of hydrogen-bond donors (Lipinski definition) is 3. The number of rotatable bonds is 9. The summed E-state index contributed by atoms with van der Waals surface area (Å²) in [5.41, 5.74) is 0.0959. The summed E-state index contributed by atoms with van der Waals surface area (Å²) in [5.74, 6) is -1.36. The molecule has 1 aromatic rings. The maximum absolute atomic E-state index is 12.2. The van der Waals surface area contributed by atoms with E-state index in [-0.39, 0.29) is 17.0 Å². The molecule has 3 N–H and O–H groups in total. The monoisotopic (exact) mass is 352 g/mol. The minimum atomic E-state index is -3.75. The number of carboxylic acids is 1. The summed E-state index contributed by atoms with van der Waals surface area (Å²) >= 11 is 0. The second kappa shape index (κ2) is 7.59. The van der Waals surface area contributed by atoms with Crippen LogP contribution >= 0.6 is 0 Å². The van der Waals surface area contributed by atoms with Gasteiger partial charge >= 0.3 is 5.97 Å². The van der Waals surface area contributed by atoms with Crippen molar-refractivity contribution in [2.24, 2.45) is 5.92 Å². The van der Waals surface area contributed by atoms with Gasteiger partial charge in [-0.2, -0.15) is 0 Å². The number of aliphatic carboxylic acids is 1. The average molecular weight is 352 g/mol. The summed E-state index contributed by atoms with van der Waals surface area (Å²) in [6, 6.07) is 4.49. The number of amides is 1. The van der Waals surface area contributed by atoms with E-state index >= 15 is 0 Å². The molecule has 1 aromatic carbocycles. The molecule has 24 heavy (non-hydrogen) atoms. The van der Waals surface area contributed by atoms with Crippen molar-refractivity contribution in [2.45, 2.75) is 30.2 Å². The Morgan fingerprint density at radius 2 is 2.08 bits per heavy atom. The maximum atomic E-state index is 12.2. The average Bonchev–Trinajstić information content (AvgIpc) is 3.36. The highest BCUT2D eigenvalue weighted by Gasteiger charge is 2.30. The largest absolute Gasteiger partial charge is 0.480 e. The summed E-state index contributed by atoms with van der Waals surface area (Å²) < 4.78 is 26.4.